The largest absolute Gasteiger partial charge is 0.314 e. The van der Waals surface area contributed by atoms with E-state index in [0.29, 0.717) is 0 Å². The molecule has 0 spiro atoms. The summed E-state index contributed by atoms with van der Waals surface area (Å²) in [5, 5.41) is 3.42. The fourth-order valence-corrected chi connectivity index (χ4v) is 3.15. The van der Waals surface area contributed by atoms with Crippen LogP contribution in [0.4, 0.5) is 0 Å². The lowest BCUT2D eigenvalue weighted by Gasteiger charge is -2.28. The average Bonchev–Trinajstić information content (AvgIpc) is 2.80. The fourth-order valence-electron chi connectivity index (χ4n) is 3.15. The van der Waals surface area contributed by atoms with Gasteiger partial charge in [-0.25, -0.2) is 4.98 Å². The highest BCUT2D eigenvalue weighted by Crippen LogP contribution is 2.28. The van der Waals surface area contributed by atoms with Crippen molar-refractivity contribution in [3.63, 3.8) is 0 Å². The minimum absolute atomic E-state index is 0.0713. The van der Waals surface area contributed by atoms with Crippen LogP contribution in [-0.4, -0.2) is 40.5 Å². The first-order valence-electron chi connectivity index (χ1n) is 7.87. The molecule has 0 aliphatic carbocycles. The number of rotatable bonds is 2. The van der Waals surface area contributed by atoms with E-state index in [4.69, 9.17) is 4.98 Å². The van der Waals surface area contributed by atoms with Crippen molar-refractivity contribution in [2.24, 2.45) is 0 Å². The molecular formula is C17H26N4. The van der Waals surface area contributed by atoms with Gasteiger partial charge in [-0.3, -0.25) is 9.30 Å². The van der Waals surface area contributed by atoms with Crippen molar-refractivity contribution in [2.45, 2.75) is 39.7 Å². The van der Waals surface area contributed by atoms with E-state index in [2.05, 4.69) is 60.5 Å². The molecule has 1 aliphatic heterocycles. The number of fused-ring (bicyclic) bond motifs is 1. The molecule has 21 heavy (non-hydrogen) atoms. The molecule has 2 aromatic heterocycles. The number of pyridine rings is 1. The topological polar surface area (TPSA) is 32.6 Å². The predicted octanol–water partition coefficient (Wildman–Crippen LogP) is 2.35. The summed E-state index contributed by atoms with van der Waals surface area (Å²) in [5.41, 5.74) is 5.00. The molecule has 1 N–H and O–H groups in total. The van der Waals surface area contributed by atoms with Crippen molar-refractivity contribution in [1.82, 2.24) is 19.6 Å². The summed E-state index contributed by atoms with van der Waals surface area (Å²) in [6.45, 7) is 14.3. The Morgan fingerprint density at radius 1 is 1.19 bits per heavy atom. The van der Waals surface area contributed by atoms with Gasteiger partial charge >= 0.3 is 0 Å². The molecule has 0 amide bonds. The lowest BCUT2D eigenvalue weighted by atomic mass is 9.90. The molecule has 0 atom stereocenters. The van der Waals surface area contributed by atoms with Gasteiger partial charge in [0.1, 0.15) is 5.65 Å². The Kier molecular flexibility index (Phi) is 3.76. The minimum Gasteiger partial charge on any atom is -0.314 e. The molecule has 1 saturated heterocycles. The Hall–Kier alpha value is -1.39. The summed E-state index contributed by atoms with van der Waals surface area (Å²) in [6, 6.07) is 6.38. The molecule has 114 valence electrons. The smallest absolute Gasteiger partial charge is 0.137 e. The van der Waals surface area contributed by atoms with Crippen molar-refractivity contribution >= 4 is 5.65 Å². The molecule has 3 heterocycles. The van der Waals surface area contributed by atoms with Crippen LogP contribution in [0.25, 0.3) is 5.65 Å². The second-order valence-corrected chi connectivity index (χ2v) is 7.04. The van der Waals surface area contributed by atoms with Gasteiger partial charge in [0.2, 0.25) is 0 Å². The standard InChI is InChI=1S/C17H26N4/c1-13-6-5-7-15-19-16(17(2,3)4)14(21(13)15)12-20-10-8-18-9-11-20/h5-7,18H,8-12H2,1-4H3. The zero-order valence-corrected chi connectivity index (χ0v) is 13.6. The Morgan fingerprint density at radius 2 is 1.90 bits per heavy atom. The van der Waals surface area contributed by atoms with Crippen LogP contribution in [0, 0.1) is 6.92 Å². The monoisotopic (exact) mass is 286 g/mol. The molecule has 0 saturated carbocycles. The zero-order chi connectivity index (χ0) is 15.0. The Morgan fingerprint density at radius 3 is 2.57 bits per heavy atom. The van der Waals surface area contributed by atoms with Crippen LogP contribution < -0.4 is 5.32 Å². The molecular weight excluding hydrogens is 260 g/mol. The molecule has 0 radical (unpaired) electrons. The molecule has 1 fully saturated rings. The summed E-state index contributed by atoms with van der Waals surface area (Å²) in [5.74, 6) is 0. The van der Waals surface area contributed by atoms with E-state index in [1.54, 1.807) is 0 Å². The highest BCUT2D eigenvalue weighted by Gasteiger charge is 2.25. The number of imidazole rings is 1. The van der Waals surface area contributed by atoms with Crippen LogP contribution in [0.3, 0.4) is 0 Å². The van der Waals surface area contributed by atoms with Gasteiger partial charge in [0.25, 0.3) is 0 Å². The molecule has 1 aliphatic rings. The van der Waals surface area contributed by atoms with E-state index in [1.807, 2.05) is 0 Å². The van der Waals surface area contributed by atoms with Gasteiger partial charge < -0.3 is 5.32 Å². The van der Waals surface area contributed by atoms with Gasteiger partial charge in [-0.15, -0.1) is 0 Å². The van der Waals surface area contributed by atoms with Crippen molar-refractivity contribution < 1.29 is 0 Å². The molecule has 0 unspecified atom stereocenters. The van der Waals surface area contributed by atoms with Gasteiger partial charge in [0, 0.05) is 43.8 Å². The van der Waals surface area contributed by atoms with Gasteiger partial charge in [0.05, 0.1) is 11.4 Å². The van der Waals surface area contributed by atoms with Crippen molar-refractivity contribution in [3.05, 3.63) is 35.3 Å². The zero-order valence-electron chi connectivity index (χ0n) is 13.6. The second kappa shape index (κ2) is 5.43. The van der Waals surface area contributed by atoms with Crippen molar-refractivity contribution in [1.29, 1.82) is 0 Å². The number of aryl methyl sites for hydroxylation is 1. The Labute approximate surface area is 127 Å². The predicted molar refractivity (Wildman–Crippen MR) is 86.8 cm³/mol. The van der Waals surface area contributed by atoms with E-state index in [0.717, 1.165) is 38.4 Å². The normalized spacial score (nSPS) is 17.5. The number of nitrogens with one attached hydrogen (secondary N) is 1. The summed E-state index contributed by atoms with van der Waals surface area (Å²) < 4.78 is 2.34. The summed E-state index contributed by atoms with van der Waals surface area (Å²) >= 11 is 0. The van der Waals surface area contributed by atoms with Crippen molar-refractivity contribution in [2.75, 3.05) is 26.2 Å². The first-order chi connectivity index (χ1) is 9.97. The SMILES string of the molecule is Cc1cccc2nc(C(C)(C)C)c(CN3CCNCC3)n12. The molecule has 3 rings (SSSR count). The number of aromatic nitrogens is 2. The molecule has 0 bridgehead atoms. The van der Waals surface area contributed by atoms with Gasteiger partial charge in [-0.2, -0.15) is 0 Å². The molecule has 4 heteroatoms. The fraction of sp³-hybridized carbons (Fsp3) is 0.588. The van der Waals surface area contributed by atoms with Crippen LogP contribution in [0.1, 0.15) is 37.9 Å². The quantitative estimate of drug-likeness (QED) is 0.920. The first kappa shape index (κ1) is 14.5. The third kappa shape index (κ3) is 2.83. The Balaban J connectivity index is 2.08. The maximum Gasteiger partial charge on any atom is 0.137 e. The number of hydrogen-bond donors (Lipinski definition) is 1. The summed E-state index contributed by atoms with van der Waals surface area (Å²) in [7, 11) is 0. The van der Waals surface area contributed by atoms with Crippen LogP contribution >= 0.6 is 0 Å². The summed E-state index contributed by atoms with van der Waals surface area (Å²) in [6.07, 6.45) is 0. The van der Waals surface area contributed by atoms with E-state index in [-0.39, 0.29) is 5.41 Å². The Bertz CT molecular complexity index is 630. The molecule has 4 nitrogen and oxygen atoms in total. The van der Waals surface area contributed by atoms with Crippen LogP contribution in [-0.2, 0) is 12.0 Å². The van der Waals surface area contributed by atoms with Gasteiger partial charge in [-0.1, -0.05) is 26.8 Å². The third-order valence-corrected chi connectivity index (χ3v) is 4.23. The molecule has 2 aromatic rings. The average molecular weight is 286 g/mol. The van der Waals surface area contributed by atoms with E-state index >= 15 is 0 Å². The maximum atomic E-state index is 4.93. The lowest BCUT2D eigenvalue weighted by molar-refractivity contribution is 0.228. The second-order valence-electron chi connectivity index (χ2n) is 7.04. The van der Waals surface area contributed by atoms with E-state index < -0.39 is 0 Å². The number of nitrogens with zero attached hydrogens (tertiary/aromatic N) is 3. The first-order valence-corrected chi connectivity index (χ1v) is 7.87. The number of hydrogen-bond acceptors (Lipinski definition) is 3. The highest BCUT2D eigenvalue weighted by atomic mass is 15.2. The molecule has 0 aromatic carbocycles. The third-order valence-electron chi connectivity index (χ3n) is 4.23. The lowest BCUT2D eigenvalue weighted by Crippen LogP contribution is -2.43. The van der Waals surface area contributed by atoms with E-state index in [9.17, 15) is 0 Å². The highest BCUT2D eigenvalue weighted by molar-refractivity contribution is 5.46. The van der Waals surface area contributed by atoms with Crippen LogP contribution in [0.5, 0.6) is 0 Å². The van der Waals surface area contributed by atoms with Gasteiger partial charge in [-0.05, 0) is 19.1 Å². The number of piperazine rings is 1. The van der Waals surface area contributed by atoms with Crippen LogP contribution in [0.2, 0.25) is 0 Å². The van der Waals surface area contributed by atoms with Gasteiger partial charge in [0.15, 0.2) is 0 Å². The van der Waals surface area contributed by atoms with Crippen molar-refractivity contribution in [3.8, 4) is 0 Å². The minimum atomic E-state index is 0.0713. The van der Waals surface area contributed by atoms with E-state index in [1.165, 1.54) is 17.1 Å². The van der Waals surface area contributed by atoms with Crippen LogP contribution in [0.15, 0.2) is 18.2 Å². The summed E-state index contributed by atoms with van der Waals surface area (Å²) in [4.78, 5) is 7.46. The maximum absolute atomic E-state index is 4.93.